The molecular formula is C49H79F3O4. The molecule has 56 heavy (non-hydrogen) atoms. The molecule has 2 aromatic rings. The fourth-order valence-corrected chi connectivity index (χ4v) is 6.17. The summed E-state index contributed by atoms with van der Waals surface area (Å²) in [4.78, 5) is 0. The molecule has 7 heteroatoms. The Hall–Kier alpha value is -2.37. The van der Waals surface area contributed by atoms with E-state index in [1.165, 1.54) is 76.2 Å². The van der Waals surface area contributed by atoms with Crippen LogP contribution in [-0.2, 0) is 30.8 Å². The van der Waals surface area contributed by atoms with Crippen LogP contribution in [0.25, 0.3) is 0 Å². The maximum atomic E-state index is 13.5. The standard InChI is InChI=1S/C26H42O2.C23H37F3O2/c1-23(2)28-22-14-21-27-20-13-11-9-7-6-8-10-12-15-24-16-18-25(19-17-24)26(3,4)5;1-2-27-16-13-17-28-15-12-10-8-6-4-3-5-7-9-11-14-21-22(25)18-20(24)19-23(21)26/h16-19,23H,6-11,13-14,20-22H2,1-5H3;18-19H,2-17H2,1H3. The second kappa shape index (κ2) is 34.7. The molecule has 0 fully saturated rings. The Labute approximate surface area is 341 Å². The number of unbranched alkanes of at least 4 members (excludes halogenated alkanes) is 15. The van der Waals surface area contributed by atoms with Crippen molar-refractivity contribution in [1.29, 1.82) is 0 Å². The maximum absolute atomic E-state index is 13.5. The molecule has 0 amide bonds. The minimum atomic E-state index is -0.858. The van der Waals surface area contributed by atoms with E-state index in [9.17, 15) is 13.2 Å². The van der Waals surface area contributed by atoms with Crippen LogP contribution in [0.3, 0.4) is 0 Å². The fraction of sp³-hybridized carbons (Fsp3) is 0.714. The van der Waals surface area contributed by atoms with Gasteiger partial charge in [0.25, 0.3) is 0 Å². The highest BCUT2D eigenvalue weighted by molar-refractivity contribution is 5.37. The third-order valence-electron chi connectivity index (χ3n) is 9.56. The Morgan fingerprint density at radius 3 is 1.50 bits per heavy atom. The lowest BCUT2D eigenvalue weighted by molar-refractivity contribution is 0.0507. The van der Waals surface area contributed by atoms with E-state index in [-0.39, 0.29) is 11.0 Å². The van der Waals surface area contributed by atoms with Gasteiger partial charge in [-0.25, -0.2) is 13.2 Å². The Kier molecular flexibility index (Phi) is 32.0. The van der Waals surface area contributed by atoms with Gasteiger partial charge in [-0.15, -0.1) is 0 Å². The topological polar surface area (TPSA) is 36.9 Å². The molecule has 0 spiro atoms. The zero-order valence-corrected chi connectivity index (χ0v) is 36.4. The number of halogens is 3. The van der Waals surface area contributed by atoms with Crippen LogP contribution in [0.2, 0.25) is 0 Å². The van der Waals surface area contributed by atoms with Gasteiger partial charge in [0.1, 0.15) is 17.5 Å². The number of hydrogen-bond donors (Lipinski definition) is 0. The van der Waals surface area contributed by atoms with Crippen molar-refractivity contribution in [3.8, 4) is 11.8 Å². The molecule has 0 unspecified atom stereocenters. The number of benzene rings is 2. The summed E-state index contributed by atoms with van der Waals surface area (Å²) in [6.45, 7) is 18.6. The molecule has 0 saturated carbocycles. The van der Waals surface area contributed by atoms with Gasteiger partial charge in [-0.05, 0) is 88.8 Å². The second-order valence-corrected chi connectivity index (χ2v) is 16.2. The lowest BCUT2D eigenvalue weighted by atomic mass is 9.87. The summed E-state index contributed by atoms with van der Waals surface area (Å²) in [5.74, 6) is 4.22. The lowest BCUT2D eigenvalue weighted by Crippen LogP contribution is -2.10. The van der Waals surface area contributed by atoms with Crippen LogP contribution in [0, 0.1) is 29.3 Å². The average Bonchev–Trinajstić information content (AvgIpc) is 3.15. The van der Waals surface area contributed by atoms with Crippen LogP contribution in [-0.4, -0.2) is 52.4 Å². The summed E-state index contributed by atoms with van der Waals surface area (Å²) in [6.07, 6.45) is 22.5. The van der Waals surface area contributed by atoms with Crippen molar-refractivity contribution >= 4 is 0 Å². The third-order valence-corrected chi connectivity index (χ3v) is 9.56. The largest absolute Gasteiger partial charge is 0.382 e. The minimum absolute atomic E-state index is 0.0136. The zero-order valence-electron chi connectivity index (χ0n) is 36.4. The predicted molar refractivity (Wildman–Crippen MR) is 229 cm³/mol. The van der Waals surface area contributed by atoms with Gasteiger partial charge in [0.15, 0.2) is 0 Å². The Bertz CT molecular complexity index is 1240. The zero-order chi connectivity index (χ0) is 41.1. The Morgan fingerprint density at radius 2 is 1.00 bits per heavy atom. The van der Waals surface area contributed by atoms with Crippen LogP contribution >= 0.6 is 0 Å². The Morgan fingerprint density at radius 1 is 0.554 bits per heavy atom. The van der Waals surface area contributed by atoms with Crippen LogP contribution in [0.4, 0.5) is 13.2 Å². The van der Waals surface area contributed by atoms with E-state index in [0.29, 0.717) is 12.5 Å². The van der Waals surface area contributed by atoms with Crippen molar-refractivity contribution in [1.82, 2.24) is 0 Å². The van der Waals surface area contributed by atoms with Gasteiger partial charge in [0.2, 0.25) is 0 Å². The summed E-state index contributed by atoms with van der Waals surface area (Å²) in [5.41, 5.74) is 2.72. The molecule has 0 saturated heterocycles. The van der Waals surface area contributed by atoms with E-state index in [4.69, 9.17) is 18.9 Å². The van der Waals surface area contributed by atoms with Crippen LogP contribution in [0.5, 0.6) is 0 Å². The van der Waals surface area contributed by atoms with Crippen LogP contribution in [0.15, 0.2) is 36.4 Å². The van der Waals surface area contributed by atoms with Gasteiger partial charge in [0, 0.05) is 75.9 Å². The normalized spacial score (nSPS) is 11.4. The highest BCUT2D eigenvalue weighted by atomic mass is 19.1. The second-order valence-electron chi connectivity index (χ2n) is 16.2. The molecule has 0 N–H and O–H groups in total. The van der Waals surface area contributed by atoms with Gasteiger partial charge in [-0.2, -0.15) is 0 Å². The molecule has 0 atom stereocenters. The summed E-state index contributed by atoms with van der Waals surface area (Å²) < 4.78 is 61.9. The molecule has 2 rings (SSSR count). The van der Waals surface area contributed by atoms with Crippen LogP contribution < -0.4 is 0 Å². The molecule has 2 aromatic carbocycles. The molecule has 0 aliphatic heterocycles. The van der Waals surface area contributed by atoms with Crippen molar-refractivity contribution in [3.05, 3.63) is 70.5 Å². The molecule has 320 valence electrons. The highest BCUT2D eigenvalue weighted by Crippen LogP contribution is 2.22. The predicted octanol–water partition coefficient (Wildman–Crippen LogP) is 13.9. The summed E-state index contributed by atoms with van der Waals surface area (Å²) in [5, 5.41) is 0. The molecule has 0 heterocycles. The van der Waals surface area contributed by atoms with Crippen molar-refractivity contribution in [2.75, 3.05) is 46.2 Å². The van der Waals surface area contributed by atoms with Gasteiger partial charge in [-0.3, -0.25) is 0 Å². The quantitative estimate of drug-likeness (QED) is 0.0563. The Balaban J connectivity index is 0.000000560. The van der Waals surface area contributed by atoms with Gasteiger partial charge in [0.05, 0.1) is 6.10 Å². The van der Waals surface area contributed by atoms with Gasteiger partial charge >= 0.3 is 0 Å². The lowest BCUT2D eigenvalue weighted by Gasteiger charge is -2.18. The van der Waals surface area contributed by atoms with Gasteiger partial charge < -0.3 is 18.9 Å². The molecular weight excluding hydrogens is 710 g/mol. The van der Waals surface area contributed by atoms with Crippen molar-refractivity contribution in [3.63, 3.8) is 0 Å². The van der Waals surface area contributed by atoms with E-state index in [2.05, 4.69) is 70.7 Å². The summed E-state index contributed by atoms with van der Waals surface area (Å²) >= 11 is 0. The third kappa shape index (κ3) is 29.8. The van der Waals surface area contributed by atoms with E-state index in [0.717, 1.165) is 115 Å². The van der Waals surface area contributed by atoms with E-state index in [1.807, 2.05) is 6.92 Å². The monoisotopic (exact) mass is 789 g/mol. The summed E-state index contributed by atoms with van der Waals surface area (Å²) in [6, 6.07) is 10.2. The summed E-state index contributed by atoms with van der Waals surface area (Å²) in [7, 11) is 0. The smallest absolute Gasteiger partial charge is 0.132 e. The molecule has 0 aliphatic rings. The molecule has 0 radical (unpaired) electrons. The first-order valence-electron chi connectivity index (χ1n) is 22.1. The molecule has 0 aromatic heterocycles. The van der Waals surface area contributed by atoms with E-state index < -0.39 is 17.5 Å². The SMILES string of the molecule is CC(C)OCCCOCCCCCCCCC#Cc1ccc(C(C)(C)C)cc1.CCOCCCOCCCCCCCCCCCCc1c(F)cc(F)cc1F. The van der Waals surface area contributed by atoms with E-state index in [1.54, 1.807) is 0 Å². The maximum Gasteiger partial charge on any atom is 0.132 e. The van der Waals surface area contributed by atoms with Gasteiger partial charge in [-0.1, -0.05) is 122 Å². The fourth-order valence-electron chi connectivity index (χ4n) is 6.17. The van der Waals surface area contributed by atoms with E-state index >= 15 is 0 Å². The number of ether oxygens (including phenoxy) is 4. The minimum Gasteiger partial charge on any atom is -0.382 e. The first-order valence-corrected chi connectivity index (χ1v) is 22.1. The molecule has 4 nitrogen and oxygen atoms in total. The van der Waals surface area contributed by atoms with Crippen molar-refractivity contribution in [2.24, 2.45) is 0 Å². The molecule has 0 bridgehead atoms. The van der Waals surface area contributed by atoms with Crippen molar-refractivity contribution < 1.29 is 32.1 Å². The first-order chi connectivity index (χ1) is 27.0. The number of rotatable bonds is 31. The van der Waals surface area contributed by atoms with Crippen LogP contribution in [0.1, 0.15) is 180 Å². The average molecular weight is 789 g/mol. The molecule has 0 aliphatic carbocycles. The highest BCUT2D eigenvalue weighted by Gasteiger charge is 2.13. The number of hydrogen-bond acceptors (Lipinski definition) is 4. The first kappa shape index (κ1) is 51.6. The van der Waals surface area contributed by atoms with Crippen molar-refractivity contribution in [2.45, 2.75) is 181 Å².